The molecule has 1 heterocycles. The lowest BCUT2D eigenvalue weighted by molar-refractivity contribution is -0.539. The van der Waals surface area contributed by atoms with Gasteiger partial charge in [-0.2, -0.15) is 0 Å². The Morgan fingerprint density at radius 1 is 0.800 bits per heavy atom. The van der Waals surface area contributed by atoms with Crippen LogP contribution in [0.1, 0.15) is 84.5 Å². The monoisotopic (exact) mass is 434 g/mol. The third-order valence-electron chi connectivity index (χ3n) is 4.95. The van der Waals surface area contributed by atoms with Crippen LogP contribution in [0.5, 0.6) is 0 Å². The van der Waals surface area contributed by atoms with Gasteiger partial charge in [0, 0.05) is 0 Å². The Balaban J connectivity index is 1.74. The highest BCUT2D eigenvalue weighted by molar-refractivity contribution is 5.94. The predicted octanol–water partition coefficient (Wildman–Crippen LogP) is 4.39. The summed E-state index contributed by atoms with van der Waals surface area (Å²) in [6, 6.07) is 0. The van der Waals surface area contributed by atoms with Crippen molar-refractivity contribution in [3.05, 3.63) is 0 Å². The SMILES string of the molecule is CCCCCCCCCCCCOOOCCOOOCC(C)C1CC(=O)OC1=O. The van der Waals surface area contributed by atoms with E-state index in [4.69, 9.17) is 19.6 Å². The van der Waals surface area contributed by atoms with E-state index < -0.39 is 17.9 Å². The number of carbonyl (C=O) groups is 2. The van der Waals surface area contributed by atoms with Crippen molar-refractivity contribution in [1.29, 1.82) is 0 Å². The number of cyclic esters (lactones) is 2. The average molecular weight is 435 g/mol. The minimum absolute atomic E-state index is 0.0640. The molecular formula is C21H38O9. The summed E-state index contributed by atoms with van der Waals surface area (Å²) in [5, 5.41) is 9.12. The van der Waals surface area contributed by atoms with Crippen molar-refractivity contribution in [3.63, 3.8) is 0 Å². The Morgan fingerprint density at radius 3 is 1.90 bits per heavy atom. The van der Waals surface area contributed by atoms with Crippen LogP contribution >= 0.6 is 0 Å². The van der Waals surface area contributed by atoms with E-state index in [0.29, 0.717) is 6.61 Å². The highest BCUT2D eigenvalue weighted by Crippen LogP contribution is 2.24. The Bertz CT molecular complexity index is 444. The van der Waals surface area contributed by atoms with Gasteiger partial charge >= 0.3 is 11.9 Å². The molecule has 0 aliphatic carbocycles. The van der Waals surface area contributed by atoms with Gasteiger partial charge in [-0.05, 0) is 12.3 Å². The molecule has 0 amide bonds. The fraction of sp³-hybridized carbons (Fsp3) is 0.905. The lowest BCUT2D eigenvalue weighted by Crippen LogP contribution is -2.21. The molecule has 0 spiro atoms. The molecule has 1 aliphatic heterocycles. The Kier molecular flexibility index (Phi) is 16.7. The van der Waals surface area contributed by atoms with Gasteiger partial charge in [0.2, 0.25) is 0 Å². The summed E-state index contributed by atoms with van der Waals surface area (Å²) < 4.78 is 4.49. The van der Waals surface area contributed by atoms with Gasteiger partial charge < -0.3 is 4.74 Å². The smallest absolute Gasteiger partial charge is 0.317 e. The number of unbranched alkanes of at least 4 members (excludes halogenated alkanes) is 9. The Labute approximate surface area is 179 Å². The number of esters is 2. The molecule has 0 aromatic carbocycles. The summed E-state index contributed by atoms with van der Waals surface area (Å²) in [7, 11) is 0. The van der Waals surface area contributed by atoms with E-state index in [-0.39, 0.29) is 32.2 Å². The molecule has 0 aromatic rings. The summed E-state index contributed by atoms with van der Waals surface area (Å²) in [6.07, 6.45) is 12.7. The molecule has 2 unspecified atom stereocenters. The second-order valence-electron chi connectivity index (χ2n) is 7.65. The van der Waals surface area contributed by atoms with Crippen LogP contribution < -0.4 is 0 Å². The normalized spacial score (nSPS) is 17.5. The van der Waals surface area contributed by atoms with Gasteiger partial charge in [0.15, 0.2) is 0 Å². The van der Waals surface area contributed by atoms with Gasteiger partial charge in [-0.3, -0.25) is 9.59 Å². The van der Waals surface area contributed by atoms with Crippen molar-refractivity contribution in [2.45, 2.75) is 84.5 Å². The zero-order chi connectivity index (χ0) is 21.9. The van der Waals surface area contributed by atoms with Crippen LogP contribution in [0.3, 0.4) is 0 Å². The Hall–Kier alpha value is -1.10. The Morgan fingerprint density at radius 2 is 1.33 bits per heavy atom. The van der Waals surface area contributed by atoms with Crippen LogP contribution in [0, 0.1) is 11.8 Å². The van der Waals surface area contributed by atoms with E-state index in [1.807, 2.05) is 0 Å². The molecule has 1 saturated heterocycles. The number of hydrogen-bond acceptors (Lipinski definition) is 9. The molecule has 9 nitrogen and oxygen atoms in total. The number of rotatable bonds is 21. The van der Waals surface area contributed by atoms with Crippen molar-refractivity contribution in [2.75, 3.05) is 26.4 Å². The minimum Gasteiger partial charge on any atom is -0.393 e. The second kappa shape index (κ2) is 18.7. The highest BCUT2D eigenvalue weighted by Gasteiger charge is 2.37. The van der Waals surface area contributed by atoms with E-state index >= 15 is 0 Å². The maximum absolute atomic E-state index is 11.4. The fourth-order valence-corrected chi connectivity index (χ4v) is 3.06. The lowest BCUT2D eigenvalue weighted by Gasteiger charge is -2.13. The van der Waals surface area contributed by atoms with Gasteiger partial charge in [-0.1, -0.05) is 81.7 Å². The zero-order valence-corrected chi connectivity index (χ0v) is 18.4. The predicted molar refractivity (Wildman–Crippen MR) is 106 cm³/mol. The van der Waals surface area contributed by atoms with Gasteiger partial charge in [0.1, 0.15) is 13.2 Å². The molecule has 1 fully saturated rings. The summed E-state index contributed by atoms with van der Waals surface area (Å²) in [5.41, 5.74) is 0. The first-order valence-corrected chi connectivity index (χ1v) is 11.2. The summed E-state index contributed by atoms with van der Waals surface area (Å²) in [6.45, 7) is 4.74. The fourth-order valence-electron chi connectivity index (χ4n) is 3.06. The van der Waals surface area contributed by atoms with Crippen LogP contribution in [-0.4, -0.2) is 38.4 Å². The minimum atomic E-state index is -0.527. The number of ether oxygens (including phenoxy) is 1. The molecule has 0 bridgehead atoms. The number of hydrogen-bond donors (Lipinski definition) is 0. The van der Waals surface area contributed by atoms with Crippen LogP contribution in [0.25, 0.3) is 0 Å². The molecule has 0 saturated carbocycles. The topological polar surface area (TPSA) is 98.8 Å². The quantitative estimate of drug-likeness (QED) is 0.0856. The molecule has 1 rings (SSSR count). The summed E-state index contributed by atoms with van der Waals surface area (Å²) in [5.74, 6) is -1.78. The largest absolute Gasteiger partial charge is 0.393 e. The van der Waals surface area contributed by atoms with Crippen LogP contribution in [0.2, 0.25) is 0 Å². The third kappa shape index (κ3) is 14.0. The van der Waals surface area contributed by atoms with Gasteiger partial charge in [-0.15, -0.1) is 0 Å². The first-order valence-electron chi connectivity index (χ1n) is 11.2. The van der Waals surface area contributed by atoms with Gasteiger partial charge in [0.05, 0.1) is 25.6 Å². The molecule has 9 heteroatoms. The molecule has 1 aliphatic rings. The van der Waals surface area contributed by atoms with E-state index in [9.17, 15) is 9.59 Å². The van der Waals surface area contributed by atoms with Crippen molar-refractivity contribution >= 4 is 11.9 Å². The van der Waals surface area contributed by atoms with E-state index in [2.05, 4.69) is 21.7 Å². The van der Waals surface area contributed by atoms with Gasteiger partial charge in [-0.25, -0.2) is 19.6 Å². The molecule has 2 atom stereocenters. The van der Waals surface area contributed by atoms with Crippen LogP contribution in [-0.2, 0) is 44.0 Å². The summed E-state index contributed by atoms with van der Waals surface area (Å²) >= 11 is 0. The van der Waals surface area contributed by atoms with E-state index in [1.54, 1.807) is 6.92 Å². The van der Waals surface area contributed by atoms with E-state index in [1.165, 1.54) is 51.4 Å². The first-order chi connectivity index (χ1) is 14.6. The van der Waals surface area contributed by atoms with E-state index in [0.717, 1.165) is 12.8 Å². The second-order valence-corrected chi connectivity index (χ2v) is 7.65. The van der Waals surface area contributed by atoms with Crippen molar-refractivity contribution in [2.24, 2.45) is 11.8 Å². The highest BCUT2D eigenvalue weighted by atomic mass is 17.5. The maximum atomic E-state index is 11.4. The number of carbonyl (C=O) groups excluding carboxylic acids is 2. The standard InChI is InChI=1S/C21H38O9/c1-3-4-5-6-7-8-9-10-11-12-13-24-29-25-14-15-26-30-27-17-18(2)19-16-20(22)28-21(19)23/h18-19H,3-17H2,1-2H3. The molecule has 176 valence electrons. The van der Waals surface area contributed by atoms with Gasteiger partial charge in [0.25, 0.3) is 0 Å². The zero-order valence-electron chi connectivity index (χ0n) is 18.4. The van der Waals surface area contributed by atoms with Crippen LogP contribution in [0.15, 0.2) is 0 Å². The lowest BCUT2D eigenvalue weighted by atomic mass is 9.94. The van der Waals surface area contributed by atoms with Crippen molar-refractivity contribution in [1.82, 2.24) is 0 Å². The molecule has 0 N–H and O–H groups in total. The molecule has 30 heavy (non-hydrogen) atoms. The maximum Gasteiger partial charge on any atom is 0.317 e. The average Bonchev–Trinajstić information content (AvgIpc) is 3.07. The van der Waals surface area contributed by atoms with Crippen molar-refractivity contribution in [3.8, 4) is 0 Å². The first kappa shape index (κ1) is 26.9. The van der Waals surface area contributed by atoms with Crippen molar-refractivity contribution < 1.29 is 44.0 Å². The molecule has 0 aromatic heterocycles. The molecular weight excluding hydrogens is 396 g/mol. The third-order valence-corrected chi connectivity index (χ3v) is 4.95. The van der Waals surface area contributed by atoms with Crippen LogP contribution in [0.4, 0.5) is 0 Å². The summed E-state index contributed by atoms with van der Waals surface area (Å²) in [4.78, 5) is 41.7. The molecule has 0 radical (unpaired) electrons.